The molecule has 1 N–H and O–H groups in total. The van der Waals surface area contributed by atoms with Crippen LogP contribution in [0, 0.1) is 0 Å². The molecule has 0 aliphatic heterocycles. The summed E-state index contributed by atoms with van der Waals surface area (Å²) in [6.45, 7) is 4.26. The molecule has 8 heteroatoms. The first-order valence-electron chi connectivity index (χ1n) is 10.6. The van der Waals surface area contributed by atoms with E-state index in [1.807, 2.05) is 54.6 Å². The average molecular weight is 448 g/mol. The lowest BCUT2D eigenvalue weighted by Crippen LogP contribution is -2.12. The van der Waals surface area contributed by atoms with E-state index in [1.54, 1.807) is 18.0 Å². The second-order valence-electron chi connectivity index (χ2n) is 7.31. The fourth-order valence-electron chi connectivity index (χ4n) is 3.47. The molecule has 2 aromatic carbocycles. The van der Waals surface area contributed by atoms with E-state index in [4.69, 9.17) is 9.84 Å². The van der Waals surface area contributed by atoms with E-state index in [0.717, 1.165) is 34.8 Å². The van der Waals surface area contributed by atoms with E-state index < -0.39 is 0 Å². The van der Waals surface area contributed by atoms with Crippen molar-refractivity contribution in [1.29, 1.82) is 0 Å². The molecule has 0 fully saturated rings. The fraction of sp³-hybridized carbons (Fsp3) is 0.250. The van der Waals surface area contributed by atoms with Crippen LogP contribution >= 0.6 is 11.3 Å². The summed E-state index contributed by atoms with van der Waals surface area (Å²) < 4.78 is 6.97. The molecule has 32 heavy (non-hydrogen) atoms. The van der Waals surface area contributed by atoms with Gasteiger partial charge in [0.05, 0.1) is 18.4 Å². The van der Waals surface area contributed by atoms with Gasteiger partial charge >= 0.3 is 0 Å². The van der Waals surface area contributed by atoms with Crippen LogP contribution in [0.5, 0.6) is 5.75 Å². The zero-order valence-electron chi connectivity index (χ0n) is 18.3. The number of methoxy groups -OCH3 is 1. The van der Waals surface area contributed by atoms with E-state index in [0.29, 0.717) is 22.3 Å². The Hall–Kier alpha value is -3.52. The zero-order valence-corrected chi connectivity index (χ0v) is 19.1. The number of nitrogens with one attached hydrogen (secondary N) is 1. The number of rotatable bonds is 8. The van der Waals surface area contributed by atoms with Crippen LogP contribution in [0.4, 0.5) is 5.13 Å². The molecular formula is C24H25N5O2S. The number of para-hydroxylation sites is 1. The molecule has 0 saturated carbocycles. The van der Waals surface area contributed by atoms with Crippen LogP contribution in [-0.4, -0.2) is 33.0 Å². The summed E-state index contributed by atoms with van der Waals surface area (Å²) in [7, 11) is 1.62. The van der Waals surface area contributed by atoms with Crippen LogP contribution in [0.2, 0.25) is 0 Å². The highest BCUT2D eigenvalue weighted by Gasteiger charge is 2.21. The normalized spacial score (nSPS) is 11.0. The van der Waals surface area contributed by atoms with E-state index in [9.17, 15) is 4.79 Å². The molecule has 2 aromatic heterocycles. The van der Waals surface area contributed by atoms with Crippen molar-refractivity contribution in [3.63, 3.8) is 0 Å². The van der Waals surface area contributed by atoms with Crippen molar-refractivity contribution < 1.29 is 9.53 Å². The van der Waals surface area contributed by atoms with Gasteiger partial charge in [-0.2, -0.15) is 5.10 Å². The third-order valence-corrected chi connectivity index (χ3v) is 6.34. The summed E-state index contributed by atoms with van der Waals surface area (Å²) in [5.41, 5.74) is 2.73. The molecule has 0 unspecified atom stereocenters. The Balaban J connectivity index is 1.68. The molecule has 2 heterocycles. The van der Waals surface area contributed by atoms with Gasteiger partial charge in [0, 0.05) is 17.7 Å². The number of benzene rings is 2. The topological polar surface area (TPSA) is 81.9 Å². The van der Waals surface area contributed by atoms with Crippen LogP contribution in [0.15, 0.2) is 60.8 Å². The van der Waals surface area contributed by atoms with Crippen molar-refractivity contribution in [3.05, 3.63) is 71.4 Å². The molecule has 0 aliphatic carbocycles. The lowest BCUT2D eigenvalue weighted by molar-refractivity contribution is 0.102. The summed E-state index contributed by atoms with van der Waals surface area (Å²) in [5.74, 6) is 0.823. The molecule has 0 radical (unpaired) electrons. The molecule has 164 valence electrons. The number of ether oxygens (including phenoxy) is 1. The number of aromatic nitrogens is 4. The molecule has 0 bridgehead atoms. The summed E-state index contributed by atoms with van der Waals surface area (Å²) in [5, 5.41) is 17.5. The fourth-order valence-corrected chi connectivity index (χ4v) is 4.47. The zero-order chi connectivity index (χ0) is 22.5. The molecule has 7 nitrogen and oxygen atoms in total. The predicted molar refractivity (Wildman–Crippen MR) is 127 cm³/mol. The van der Waals surface area contributed by atoms with Gasteiger partial charge < -0.3 is 4.74 Å². The average Bonchev–Trinajstić information content (AvgIpc) is 3.48. The number of amides is 1. The Morgan fingerprint density at radius 1 is 1.06 bits per heavy atom. The lowest BCUT2D eigenvalue weighted by atomic mass is 10.1. The van der Waals surface area contributed by atoms with Crippen molar-refractivity contribution in [1.82, 2.24) is 20.0 Å². The highest BCUT2D eigenvalue weighted by atomic mass is 32.1. The lowest BCUT2D eigenvalue weighted by Gasteiger charge is -2.06. The summed E-state index contributed by atoms with van der Waals surface area (Å²) in [6, 6.07) is 17.2. The molecular weight excluding hydrogens is 422 g/mol. The summed E-state index contributed by atoms with van der Waals surface area (Å²) in [4.78, 5) is 13.2. The smallest absolute Gasteiger partial charge is 0.261 e. The second-order valence-corrected chi connectivity index (χ2v) is 8.32. The van der Waals surface area contributed by atoms with Crippen molar-refractivity contribution in [2.45, 2.75) is 32.6 Å². The number of carbonyl (C=O) groups is 1. The molecule has 0 spiro atoms. The van der Waals surface area contributed by atoms with Gasteiger partial charge in [-0.25, -0.2) is 4.68 Å². The molecule has 4 aromatic rings. The standard InChI is InChI=1S/C24H25N5O2S/c1-4-16(5-2)23-26-27-24(32-23)25-22(30)20-15-29(18-9-7-6-8-10-18)28-21(20)17-11-13-19(31-3)14-12-17/h6-16H,4-5H2,1-3H3,(H,25,27,30). The number of nitrogens with zero attached hydrogens (tertiary/aromatic N) is 4. The molecule has 4 rings (SSSR count). The number of carbonyl (C=O) groups excluding carboxylic acids is 1. The van der Waals surface area contributed by atoms with Gasteiger partial charge in [-0.05, 0) is 49.2 Å². The maximum absolute atomic E-state index is 13.2. The Morgan fingerprint density at radius 2 is 1.78 bits per heavy atom. The Bertz CT molecular complexity index is 1180. The first kappa shape index (κ1) is 21.7. The van der Waals surface area contributed by atoms with Gasteiger partial charge in [0.25, 0.3) is 5.91 Å². The van der Waals surface area contributed by atoms with Crippen molar-refractivity contribution in [2.75, 3.05) is 12.4 Å². The maximum atomic E-state index is 13.2. The second kappa shape index (κ2) is 9.74. The molecule has 0 saturated heterocycles. The van der Waals surface area contributed by atoms with E-state index in [1.165, 1.54) is 11.3 Å². The predicted octanol–water partition coefficient (Wildman–Crippen LogP) is 5.56. The molecule has 0 aliphatic rings. The van der Waals surface area contributed by atoms with Gasteiger partial charge in [-0.3, -0.25) is 10.1 Å². The van der Waals surface area contributed by atoms with Crippen LogP contribution < -0.4 is 10.1 Å². The first-order valence-corrected chi connectivity index (χ1v) is 11.4. The van der Waals surface area contributed by atoms with E-state index >= 15 is 0 Å². The molecule has 0 atom stereocenters. The third-order valence-electron chi connectivity index (χ3n) is 5.34. The van der Waals surface area contributed by atoms with Crippen molar-refractivity contribution in [2.24, 2.45) is 0 Å². The summed E-state index contributed by atoms with van der Waals surface area (Å²) >= 11 is 1.43. The third kappa shape index (κ3) is 4.55. The van der Waals surface area contributed by atoms with Crippen LogP contribution in [0.25, 0.3) is 16.9 Å². The molecule has 1 amide bonds. The number of hydrogen-bond acceptors (Lipinski definition) is 6. The van der Waals surface area contributed by atoms with Gasteiger partial charge in [0.1, 0.15) is 16.5 Å². The van der Waals surface area contributed by atoms with Crippen LogP contribution in [0.3, 0.4) is 0 Å². The number of hydrogen-bond donors (Lipinski definition) is 1. The minimum Gasteiger partial charge on any atom is -0.497 e. The van der Waals surface area contributed by atoms with E-state index in [2.05, 4.69) is 29.4 Å². The van der Waals surface area contributed by atoms with Crippen molar-refractivity contribution in [3.8, 4) is 22.7 Å². The van der Waals surface area contributed by atoms with Crippen molar-refractivity contribution >= 4 is 22.4 Å². The quantitative estimate of drug-likeness (QED) is 0.383. The monoisotopic (exact) mass is 447 g/mol. The number of anilines is 1. The van der Waals surface area contributed by atoms with Gasteiger partial charge in [0.2, 0.25) is 5.13 Å². The Kier molecular flexibility index (Phi) is 6.61. The minimum absolute atomic E-state index is 0.273. The summed E-state index contributed by atoms with van der Waals surface area (Å²) in [6.07, 6.45) is 3.72. The highest BCUT2D eigenvalue weighted by molar-refractivity contribution is 7.15. The van der Waals surface area contributed by atoms with Gasteiger partial charge in [0.15, 0.2) is 0 Å². The Labute approximate surface area is 191 Å². The maximum Gasteiger partial charge on any atom is 0.261 e. The minimum atomic E-state index is -0.273. The van der Waals surface area contributed by atoms with Crippen LogP contribution in [-0.2, 0) is 0 Å². The first-order chi connectivity index (χ1) is 15.6. The Morgan fingerprint density at radius 3 is 2.44 bits per heavy atom. The largest absolute Gasteiger partial charge is 0.497 e. The highest BCUT2D eigenvalue weighted by Crippen LogP contribution is 2.30. The SMILES string of the molecule is CCC(CC)c1nnc(NC(=O)c2cn(-c3ccccc3)nc2-c2ccc(OC)cc2)s1. The van der Waals surface area contributed by atoms with E-state index in [-0.39, 0.29) is 5.91 Å². The van der Waals surface area contributed by atoms with Crippen LogP contribution in [0.1, 0.15) is 48.0 Å². The van der Waals surface area contributed by atoms with Gasteiger partial charge in [-0.1, -0.05) is 43.4 Å². The van der Waals surface area contributed by atoms with Gasteiger partial charge in [-0.15, -0.1) is 10.2 Å².